The van der Waals surface area contributed by atoms with Crippen LogP contribution in [0.25, 0.3) is 0 Å². The van der Waals surface area contributed by atoms with Gasteiger partial charge in [-0.05, 0) is 66.6 Å². The van der Waals surface area contributed by atoms with E-state index in [-0.39, 0.29) is 36.1 Å². The maximum atomic E-state index is 13.1. The summed E-state index contributed by atoms with van der Waals surface area (Å²) in [6.07, 6.45) is 2.92. The van der Waals surface area contributed by atoms with E-state index in [1.54, 1.807) is 19.2 Å². The van der Waals surface area contributed by atoms with Crippen LogP contribution in [-0.4, -0.2) is 72.7 Å². The first-order valence-electron chi connectivity index (χ1n) is 15.5. The van der Waals surface area contributed by atoms with Gasteiger partial charge >= 0.3 is 0 Å². The largest absolute Gasteiger partial charge is 0.504 e. The molecule has 0 spiro atoms. The number of benzene rings is 3. The molecule has 0 radical (unpaired) electrons. The highest BCUT2D eigenvalue weighted by Crippen LogP contribution is 2.40. The Hall–Kier alpha value is -4.24. The molecule has 0 aromatic heterocycles. The van der Waals surface area contributed by atoms with Gasteiger partial charge in [0.25, 0.3) is 5.91 Å². The lowest BCUT2D eigenvalue weighted by Crippen LogP contribution is -2.40. The summed E-state index contributed by atoms with van der Waals surface area (Å²) in [7, 11) is 1.59. The molecule has 2 fully saturated rings. The maximum Gasteiger partial charge on any atom is 0.260 e. The van der Waals surface area contributed by atoms with E-state index in [0.717, 1.165) is 42.6 Å². The maximum absolute atomic E-state index is 13.1. The van der Waals surface area contributed by atoms with E-state index >= 15 is 0 Å². The summed E-state index contributed by atoms with van der Waals surface area (Å²) in [6.45, 7) is 5.82. The first-order valence-corrected chi connectivity index (χ1v) is 15.5. The Kier molecular flexibility index (Phi) is 8.93. The van der Waals surface area contributed by atoms with E-state index < -0.39 is 0 Å². The Balaban J connectivity index is 1.21. The molecular weight excluding hydrogens is 558 g/mol. The van der Waals surface area contributed by atoms with Crippen molar-refractivity contribution in [3.05, 3.63) is 77.4 Å². The summed E-state index contributed by atoms with van der Waals surface area (Å²) in [5.74, 6) is 2.80. The predicted molar refractivity (Wildman–Crippen MR) is 166 cm³/mol. The van der Waals surface area contributed by atoms with Gasteiger partial charge in [0, 0.05) is 56.7 Å². The van der Waals surface area contributed by atoms with Crippen LogP contribution in [0.15, 0.2) is 60.7 Å². The van der Waals surface area contributed by atoms with Crippen LogP contribution in [0, 0.1) is 5.92 Å². The van der Waals surface area contributed by atoms with Gasteiger partial charge in [0.1, 0.15) is 5.75 Å². The third-order valence-electron chi connectivity index (χ3n) is 9.10. The van der Waals surface area contributed by atoms with Gasteiger partial charge in [-0.3, -0.25) is 14.5 Å². The molecule has 2 atom stereocenters. The number of amides is 2. The smallest absolute Gasteiger partial charge is 0.260 e. The molecule has 2 N–H and O–H groups in total. The predicted octanol–water partition coefficient (Wildman–Crippen LogP) is 4.86. The van der Waals surface area contributed by atoms with Crippen LogP contribution in [0.2, 0.25) is 0 Å². The van der Waals surface area contributed by atoms with Gasteiger partial charge < -0.3 is 29.5 Å². The number of hydrogen-bond acceptors (Lipinski definition) is 7. The highest BCUT2D eigenvalue weighted by atomic mass is 16.5. The number of methoxy groups -OCH3 is 1. The minimum Gasteiger partial charge on any atom is -0.504 e. The molecule has 3 aromatic carbocycles. The monoisotopic (exact) mass is 599 g/mol. The third-order valence-corrected chi connectivity index (χ3v) is 9.10. The van der Waals surface area contributed by atoms with E-state index in [2.05, 4.69) is 17.1 Å². The van der Waals surface area contributed by atoms with E-state index in [9.17, 15) is 14.7 Å². The van der Waals surface area contributed by atoms with E-state index in [4.69, 9.17) is 14.2 Å². The average Bonchev–Trinajstić information content (AvgIpc) is 3.42. The molecule has 6 rings (SSSR count). The topological polar surface area (TPSA) is 101 Å². The van der Waals surface area contributed by atoms with Crippen LogP contribution < -0.4 is 19.5 Å². The molecular formula is C35H41N3O6. The minimum absolute atomic E-state index is 0.000759. The first-order chi connectivity index (χ1) is 21.4. The van der Waals surface area contributed by atoms with Crippen molar-refractivity contribution in [2.45, 2.75) is 51.1 Å². The van der Waals surface area contributed by atoms with Gasteiger partial charge in [0.2, 0.25) is 5.91 Å². The van der Waals surface area contributed by atoms with Crippen LogP contribution in [0.3, 0.4) is 0 Å². The lowest BCUT2D eigenvalue weighted by Gasteiger charge is -2.30. The summed E-state index contributed by atoms with van der Waals surface area (Å²) in [4.78, 5) is 30.2. The molecule has 0 unspecified atom stereocenters. The molecule has 0 aliphatic carbocycles. The Morgan fingerprint density at radius 2 is 1.82 bits per heavy atom. The van der Waals surface area contributed by atoms with E-state index in [0.29, 0.717) is 61.4 Å². The summed E-state index contributed by atoms with van der Waals surface area (Å²) in [5.41, 5.74) is 2.91. The zero-order chi connectivity index (χ0) is 30.6. The number of aryl methyl sites for hydroxylation is 1. The number of phenolic OH excluding ortho intramolecular Hbond substituents is 1. The van der Waals surface area contributed by atoms with E-state index in [1.165, 1.54) is 0 Å². The fraction of sp³-hybridized carbons (Fsp3) is 0.429. The highest BCUT2D eigenvalue weighted by Gasteiger charge is 2.36. The van der Waals surface area contributed by atoms with Gasteiger partial charge in [-0.2, -0.15) is 0 Å². The number of nitrogens with zero attached hydrogens (tertiary/aromatic N) is 2. The summed E-state index contributed by atoms with van der Waals surface area (Å²) < 4.78 is 17.9. The molecule has 3 aliphatic heterocycles. The van der Waals surface area contributed by atoms with Crippen molar-refractivity contribution in [2.75, 3.05) is 39.9 Å². The van der Waals surface area contributed by atoms with Crippen molar-refractivity contribution in [1.29, 1.82) is 0 Å². The van der Waals surface area contributed by atoms with Gasteiger partial charge in [-0.15, -0.1) is 0 Å². The van der Waals surface area contributed by atoms with Crippen molar-refractivity contribution >= 4 is 11.8 Å². The quantitative estimate of drug-likeness (QED) is 0.418. The lowest BCUT2D eigenvalue weighted by atomic mass is 9.93. The first kappa shape index (κ1) is 29.8. The molecule has 4 bridgehead atoms. The number of fused-ring (bicyclic) bond motifs is 6. The van der Waals surface area contributed by atoms with Crippen molar-refractivity contribution in [3.8, 4) is 28.7 Å². The number of likely N-dealkylation sites (tertiary alicyclic amines) is 2. The fourth-order valence-corrected chi connectivity index (χ4v) is 6.46. The van der Waals surface area contributed by atoms with Crippen molar-refractivity contribution in [2.24, 2.45) is 5.92 Å². The number of carbonyl (C=O) groups excluding carboxylic acids is 2. The number of piperidine rings is 1. The van der Waals surface area contributed by atoms with E-state index in [1.807, 2.05) is 53.4 Å². The summed E-state index contributed by atoms with van der Waals surface area (Å²) in [6, 6.07) is 18.8. The Bertz CT molecular complexity index is 1500. The highest BCUT2D eigenvalue weighted by molar-refractivity contribution is 5.78. The standard InChI is InChI=1S/C35H41N3O6/c1-23-13-15-38(16-14-23)35(41)22-43-30-6-4-3-5-26(30)19-37-20-27-25-9-11-31(42-2)33(18-25)44-32-17-24(7-10-29(32)39)8-12-34(40)36-28(27)21-37/h3-7,9-11,17-18,23,27-28,39H,8,12-16,19-22H2,1-2H3,(H,36,40)/t27-,28+/m0/s1. The summed E-state index contributed by atoms with van der Waals surface area (Å²) in [5, 5.41) is 13.8. The Morgan fingerprint density at radius 3 is 2.64 bits per heavy atom. The molecule has 2 amide bonds. The lowest BCUT2D eigenvalue weighted by molar-refractivity contribution is -0.134. The zero-order valence-corrected chi connectivity index (χ0v) is 25.5. The van der Waals surface area contributed by atoms with Crippen LogP contribution in [0.1, 0.15) is 48.8 Å². The normalized spacial score (nSPS) is 20.8. The number of ether oxygens (including phenoxy) is 3. The average molecular weight is 600 g/mol. The van der Waals surface area contributed by atoms with Gasteiger partial charge in [-0.25, -0.2) is 0 Å². The molecule has 0 saturated carbocycles. The number of rotatable bonds is 6. The second-order valence-corrected chi connectivity index (χ2v) is 12.2. The number of hydrogen-bond donors (Lipinski definition) is 2. The number of phenols is 1. The minimum atomic E-state index is -0.114. The second kappa shape index (κ2) is 13.2. The third kappa shape index (κ3) is 6.78. The van der Waals surface area contributed by atoms with Gasteiger partial charge in [0.05, 0.1) is 7.11 Å². The number of nitrogens with one attached hydrogen (secondary N) is 1. The molecule has 3 aromatic rings. The SMILES string of the molecule is COc1ccc2cc1Oc1cc(ccc1O)CCC(=O)N[C@@H]1CN(Cc3ccccc3OCC(=O)N3CCC(C)CC3)C[C@@H]21. The fourth-order valence-electron chi connectivity index (χ4n) is 6.46. The van der Waals surface area contributed by atoms with Gasteiger partial charge in [0.15, 0.2) is 29.6 Å². The molecule has 3 aliphatic rings. The van der Waals surface area contributed by atoms with Gasteiger partial charge in [-0.1, -0.05) is 37.3 Å². The zero-order valence-electron chi connectivity index (χ0n) is 25.5. The van der Waals surface area contributed by atoms with Crippen LogP contribution in [0.5, 0.6) is 28.7 Å². The number of carbonyl (C=O) groups is 2. The van der Waals surface area contributed by atoms with Crippen molar-refractivity contribution < 1.29 is 28.9 Å². The number of aromatic hydroxyl groups is 1. The molecule has 9 nitrogen and oxygen atoms in total. The molecule has 44 heavy (non-hydrogen) atoms. The molecule has 232 valence electrons. The second-order valence-electron chi connectivity index (χ2n) is 12.2. The molecule has 9 heteroatoms. The van der Waals surface area contributed by atoms with Crippen molar-refractivity contribution in [3.63, 3.8) is 0 Å². The number of para-hydroxylation sites is 1. The van der Waals surface area contributed by atoms with Crippen LogP contribution in [0.4, 0.5) is 0 Å². The van der Waals surface area contributed by atoms with Crippen LogP contribution in [-0.2, 0) is 22.6 Å². The Labute approximate surface area is 258 Å². The molecule has 2 saturated heterocycles. The molecule has 3 heterocycles. The summed E-state index contributed by atoms with van der Waals surface area (Å²) >= 11 is 0. The Morgan fingerprint density at radius 1 is 1.00 bits per heavy atom. The van der Waals surface area contributed by atoms with Crippen molar-refractivity contribution in [1.82, 2.24) is 15.1 Å². The van der Waals surface area contributed by atoms with Crippen LogP contribution >= 0.6 is 0 Å².